The van der Waals surface area contributed by atoms with E-state index in [0.29, 0.717) is 0 Å². The van der Waals surface area contributed by atoms with Crippen molar-refractivity contribution in [3.63, 3.8) is 0 Å². The number of rotatable bonds is 8. The lowest BCUT2D eigenvalue weighted by Crippen LogP contribution is -2.22. The van der Waals surface area contributed by atoms with Crippen molar-refractivity contribution < 1.29 is 9.47 Å². The van der Waals surface area contributed by atoms with E-state index in [1.807, 2.05) is 30.3 Å². The predicted octanol–water partition coefficient (Wildman–Crippen LogP) is 4.63. The van der Waals surface area contributed by atoms with Gasteiger partial charge in [0, 0.05) is 19.0 Å². The minimum Gasteiger partial charge on any atom is -0.497 e. The molecule has 0 heterocycles. The van der Waals surface area contributed by atoms with E-state index in [-0.39, 0.29) is 5.92 Å². The van der Waals surface area contributed by atoms with Crippen LogP contribution in [-0.2, 0) is 6.54 Å². The fourth-order valence-electron chi connectivity index (χ4n) is 3.06. The van der Waals surface area contributed by atoms with Gasteiger partial charge in [-0.2, -0.15) is 0 Å². The van der Waals surface area contributed by atoms with E-state index < -0.39 is 0 Å². The summed E-state index contributed by atoms with van der Waals surface area (Å²) in [5.74, 6) is 2.01. The van der Waals surface area contributed by atoms with E-state index in [0.717, 1.165) is 24.6 Å². The van der Waals surface area contributed by atoms with Crippen LogP contribution in [0.5, 0.6) is 11.5 Å². The monoisotopic (exact) mass is 347 g/mol. The van der Waals surface area contributed by atoms with Crippen LogP contribution in [0.4, 0.5) is 0 Å². The molecule has 3 aromatic carbocycles. The molecule has 0 saturated carbocycles. The summed E-state index contributed by atoms with van der Waals surface area (Å²) < 4.78 is 10.6. The molecule has 0 spiro atoms. The third kappa shape index (κ3) is 4.64. The van der Waals surface area contributed by atoms with E-state index in [9.17, 15) is 0 Å². The quantitative estimate of drug-likeness (QED) is 0.645. The average molecular weight is 347 g/mol. The van der Waals surface area contributed by atoms with Crippen molar-refractivity contribution in [1.29, 1.82) is 0 Å². The topological polar surface area (TPSA) is 30.5 Å². The first kappa shape index (κ1) is 18.0. The van der Waals surface area contributed by atoms with Crippen LogP contribution in [0.1, 0.15) is 22.6 Å². The average Bonchev–Trinajstić information content (AvgIpc) is 2.72. The molecule has 0 atom stereocenters. The molecule has 0 bridgehead atoms. The lowest BCUT2D eigenvalue weighted by molar-refractivity contribution is 0.414. The highest BCUT2D eigenvalue weighted by Gasteiger charge is 2.14. The molecule has 0 saturated heterocycles. The molecule has 0 aliphatic rings. The molecule has 0 aliphatic carbocycles. The Labute approximate surface area is 155 Å². The lowest BCUT2D eigenvalue weighted by atomic mass is 9.91. The summed E-state index contributed by atoms with van der Waals surface area (Å²) >= 11 is 0. The summed E-state index contributed by atoms with van der Waals surface area (Å²) in [6, 6.07) is 27.1. The predicted molar refractivity (Wildman–Crippen MR) is 106 cm³/mol. The Hall–Kier alpha value is -2.78. The van der Waals surface area contributed by atoms with Crippen molar-refractivity contribution in [2.75, 3.05) is 20.8 Å². The molecule has 3 aromatic rings. The molecule has 3 heteroatoms. The van der Waals surface area contributed by atoms with Crippen LogP contribution in [0, 0.1) is 0 Å². The summed E-state index contributed by atoms with van der Waals surface area (Å²) in [4.78, 5) is 0. The van der Waals surface area contributed by atoms with Gasteiger partial charge in [0.05, 0.1) is 14.2 Å². The smallest absolute Gasteiger partial charge is 0.118 e. The first-order valence-electron chi connectivity index (χ1n) is 8.82. The molecule has 0 aliphatic heterocycles. The van der Waals surface area contributed by atoms with Crippen LogP contribution in [-0.4, -0.2) is 20.8 Å². The summed E-state index contributed by atoms with van der Waals surface area (Å²) in [5.41, 5.74) is 3.81. The molecule has 26 heavy (non-hydrogen) atoms. The summed E-state index contributed by atoms with van der Waals surface area (Å²) in [5, 5.41) is 3.59. The van der Waals surface area contributed by atoms with Gasteiger partial charge in [-0.05, 0) is 41.0 Å². The molecule has 0 aromatic heterocycles. The lowest BCUT2D eigenvalue weighted by Gasteiger charge is -2.20. The highest BCUT2D eigenvalue weighted by Crippen LogP contribution is 2.27. The zero-order valence-electron chi connectivity index (χ0n) is 15.3. The van der Waals surface area contributed by atoms with Crippen molar-refractivity contribution in [2.45, 2.75) is 12.5 Å². The van der Waals surface area contributed by atoms with Crippen molar-refractivity contribution in [2.24, 2.45) is 0 Å². The van der Waals surface area contributed by atoms with E-state index in [1.165, 1.54) is 16.7 Å². The van der Waals surface area contributed by atoms with Gasteiger partial charge in [-0.3, -0.25) is 0 Å². The van der Waals surface area contributed by atoms with Gasteiger partial charge in [-0.25, -0.2) is 0 Å². The van der Waals surface area contributed by atoms with Crippen LogP contribution in [0.25, 0.3) is 0 Å². The Kier molecular flexibility index (Phi) is 6.29. The molecular formula is C23H25NO2. The summed E-state index contributed by atoms with van der Waals surface area (Å²) in [7, 11) is 3.38. The third-order valence-electron chi connectivity index (χ3n) is 4.56. The van der Waals surface area contributed by atoms with Gasteiger partial charge in [0.15, 0.2) is 0 Å². The maximum Gasteiger partial charge on any atom is 0.118 e. The summed E-state index contributed by atoms with van der Waals surface area (Å²) in [6.45, 7) is 1.71. The standard InChI is InChI=1S/C23H25NO2/c1-25-21-12-8-19(9-13-21)23(20-10-14-22(26-2)15-11-20)17-24-16-18-6-4-3-5-7-18/h3-15,23-24H,16-17H2,1-2H3. The van der Waals surface area contributed by atoms with Gasteiger partial charge in [-0.1, -0.05) is 54.6 Å². The van der Waals surface area contributed by atoms with Gasteiger partial charge in [0.1, 0.15) is 11.5 Å². The van der Waals surface area contributed by atoms with E-state index in [1.54, 1.807) is 14.2 Å². The van der Waals surface area contributed by atoms with Crippen molar-refractivity contribution in [3.05, 3.63) is 95.6 Å². The Morgan fingerprint density at radius 1 is 0.692 bits per heavy atom. The second kappa shape index (κ2) is 9.07. The maximum absolute atomic E-state index is 5.29. The second-order valence-electron chi connectivity index (χ2n) is 6.22. The third-order valence-corrected chi connectivity index (χ3v) is 4.56. The van der Waals surface area contributed by atoms with Crippen molar-refractivity contribution in [3.8, 4) is 11.5 Å². The highest BCUT2D eigenvalue weighted by molar-refractivity contribution is 5.38. The first-order valence-corrected chi connectivity index (χ1v) is 8.82. The molecule has 1 N–H and O–H groups in total. The SMILES string of the molecule is COc1ccc(C(CNCc2ccccc2)c2ccc(OC)cc2)cc1. The Balaban J connectivity index is 1.77. The number of nitrogens with one attached hydrogen (secondary N) is 1. The number of benzene rings is 3. The van der Waals surface area contributed by atoms with Crippen molar-refractivity contribution in [1.82, 2.24) is 5.32 Å². The molecule has 3 nitrogen and oxygen atoms in total. The Morgan fingerprint density at radius 3 is 1.65 bits per heavy atom. The van der Waals surface area contributed by atoms with Gasteiger partial charge in [0.25, 0.3) is 0 Å². The van der Waals surface area contributed by atoms with Crippen LogP contribution in [0.3, 0.4) is 0 Å². The normalized spacial score (nSPS) is 10.7. The molecule has 3 rings (SSSR count). The zero-order valence-corrected chi connectivity index (χ0v) is 15.3. The molecular weight excluding hydrogens is 322 g/mol. The van der Waals surface area contributed by atoms with Gasteiger partial charge in [0.2, 0.25) is 0 Å². The van der Waals surface area contributed by atoms with Crippen LogP contribution in [0.15, 0.2) is 78.9 Å². The first-order chi connectivity index (χ1) is 12.8. The van der Waals surface area contributed by atoms with Gasteiger partial charge in [-0.15, -0.1) is 0 Å². The van der Waals surface area contributed by atoms with Crippen molar-refractivity contribution >= 4 is 0 Å². The van der Waals surface area contributed by atoms with Gasteiger partial charge < -0.3 is 14.8 Å². The maximum atomic E-state index is 5.29. The molecule has 134 valence electrons. The number of hydrogen-bond donors (Lipinski definition) is 1. The van der Waals surface area contributed by atoms with Crippen LogP contribution in [0.2, 0.25) is 0 Å². The number of methoxy groups -OCH3 is 2. The molecule has 0 amide bonds. The van der Waals surface area contributed by atoms with Crippen LogP contribution < -0.4 is 14.8 Å². The fraction of sp³-hybridized carbons (Fsp3) is 0.217. The highest BCUT2D eigenvalue weighted by atomic mass is 16.5. The largest absolute Gasteiger partial charge is 0.497 e. The Bertz CT molecular complexity index is 735. The zero-order chi connectivity index (χ0) is 18.2. The van der Waals surface area contributed by atoms with E-state index in [4.69, 9.17) is 9.47 Å². The molecule has 0 radical (unpaired) electrons. The Morgan fingerprint density at radius 2 is 1.19 bits per heavy atom. The molecule has 0 fully saturated rings. The molecule has 0 unspecified atom stereocenters. The number of hydrogen-bond acceptors (Lipinski definition) is 3. The summed E-state index contributed by atoms with van der Waals surface area (Å²) in [6.07, 6.45) is 0. The van der Waals surface area contributed by atoms with E-state index >= 15 is 0 Å². The number of ether oxygens (including phenoxy) is 2. The minimum atomic E-state index is 0.260. The second-order valence-corrected chi connectivity index (χ2v) is 6.22. The minimum absolute atomic E-state index is 0.260. The van der Waals surface area contributed by atoms with E-state index in [2.05, 4.69) is 53.8 Å². The van der Waals surface area contributed by atoms with Gasteiger partial charge >= 0.3 is 0 Å². The van der Waals surface area contributed by atoms with Crippen LogP contribution >= 0.6 is 0 Å². The fourth-order valence-corrected chi connectivity index (χ4v) is 3.06.